The average Bonchev–Trinajstić information content (AvgIpc) is 2.65. The fraction of sp³-hybridized carbons (Fsp3) is 0.350. The maximum absolute atomic E-state index is 4.95. The van der Waals surface area contributed by atoms with E-state index in [-0.39, 0.29) is 0 Å². The third-order valence-corrected chi connectivity index (χ3v) is 6.53. The van der Waals surface area contributed by atoms with Crippen LogP contribution in [0.25, 0.3) is 0 Å². The van der Waals surface area contributed by atoms with Crippen LogP contribution in [0.2, 0.25) is 0 Å². The summed E-state index contributed by atoms with van der Waals surface area (Å²) in [6.45, 7) is 7.28. The molecule has 26 heavy (non-hydrogen) atoms. The number of fused-ring (bicyclic) bond motifs is 2. The van der Waals surface area contributed by atoms with Gasteiger partial charge in [0.05, 0.1) is 18.0 Å². The van der Waals surface area contributed by atoms with E-state index >= 15 is 0 Å². The second-order valence-corrected chi connectivity index (χ2v) is 8.78. The highest BCUT2D eigenvalue weighted by atomic mass is 79.9. The van der Waals surface area contributed by atoms with E-state index in [0.29, 0.717) is 0 Å². The summed E-state index contributed by atoms with van der Waals surface area (Å²) in [5.41, 5.74) is 2.41. The molecule has 0 radical (unpaired) electrons. The van der Waals surface area contributed by atoms with E-state index in [2.05, 4.69) is 87.1 Å². The molecule has 2 aromatic rings. The highest BCUT2D eigenvalue weighted by Crippen LogP contribution is 2.48. The molecule has 2 heterocycles. The van der Waals surface area contributed by atoms with E-state index in [1.54, 1.807) is 0 Å². The van der Waals surface area contributed by atoms with Crippen LogP contribution in [0.4, 0.5) is 11.4 Å². The van der Waals surface area contributed by atoms with Gasteiger partial charge in [0.1, 0.15) is 5.84 Å². The lowest BCUT2D eigenvalue weighted by Crippen LogP contribution is -2.44. The summed E-state index contributed by atoms with van der Waals surface area (Å²) < 4.78 is 1.09. The lowest BCUT2D eigenvalue weighted by Gasteiger charge is -2.34. The Balaban J connectivity index is 1.64. The third kappa shape index (κ3) is 3.69. The van der Waals surface area contributed by atoms with Crippen molar-refractivity contribution < 1.29 is 0 Å². The van der Waals surface area contributed by atoms with E-state index in [4.69, 9.17) is 4.99 Å². The Morgan fingerprint density at radius 2 is 1.77 bits per heavy atom. The van der Waals surface area contributed by atoms with E-state index in [1.165, 1.54) is 21.2 Å². The Morgan fingerprint density at radius 3 is 2.58 bits per heavy atom. The molecule has 0 spiro atoms. The molecule has 136 valence electrons. The number of halogens is 1. The second kappa shape index (κ2) is 7.72. The molecule has 0 aromatic heterocycles. The lowest BCUT2D eigenvalue weighted by atomic mass is 10.2. The Hall–Kier alpha value is -1.34. The molecule has 6 heteroatoms. The molecule has 0 bridgehead atoms. The van der Waals surface area contributed by atoms with Crippen LogP contribution in [0.5, 0.6) is 0 Å². The standard InChI is InChI=1S/C20H23BrN4S/c1-15(22-14-24-11-9-23(2)10-12-24)25-17-5-3-4-6-19(17)26-20-8-7-16(21)13-18(20)25/h3-8,13H,9-12,14H2,1-2H3/b22-15+. The van der Waals surface area contributed by atoms with E-state index in [0.717, 1.165) is 43.2 Å². The first-order valence-corrected chi connectivity index (χ1v) is 10.5. The van der Waals surface area contributed by atoms with Crippen molar-refractivity contribution in [3.63, 3.8) is 0 Å². The summed E-state index contributed by atoms with van der Waals surface area (Å²) in [4.78, 5) is 14.6. The van der Waals surface area contributed by atoms with Crippen LogP contribution >= 0.6 is 27.7 Å². The minimum Gasteiger partial charge on any atom is -0.304 e. The minimum absolute atomic E-state index is 0.759. The molecule has 1 saturated heterocycles. The van der Waals surface area contributed by atoms with Gasteiger partial charge in [-0.25, -0.2) is 0 Å². The van der Waals surface area contributed by atoms with Gasteiger partial charge in [-0.1, -0.05) is 39.8 Å². The number of hydrogen-bond donors (Lipinski definition) is 0. The number of piperazine rings is 1. The third-order valence-electron chi connectivity index (χ3n) is 4.91. The molecule has 0 atom stereocenters. The number of anilines is 2. The van der Waals surface area contributed by atoms with Crippen molar-refractivity contribution in [2.45, 2.75) is 16.7 Å². The van der Waals surface area contributed by atoms with Crippen molar-refractivity contribution in [3.8, 4) is 0 Å². The van der Waals surface area contributed by atoms with Crippen molar-refractivity contribution in [2.24, 2.45) is 4.99 Å². The molecule has 1 fully saturated rings. The van der Waals surface area contributed by atoms with Gasteiger partial charge in [0.15, 0.2) is 0 Å². The van der Waals surface area contributed by atoms with Crippen molar-refractivity contribution in [2.75, 3.05) is 44.8 Å². The van der Waals surface area contributed by atoms with Crippen molar-refractivity contribution >= 4 is 44.9 Å². The summed E-state index contributed by atoms with van der Waals surface area (Å²) >= 11 is 5.45. The number of amidine groups is 1. The van der Waals surface area contributed by atoms with Gasteiger partial charge < -0.3 is 4.90 Å². The smallest absolute Gasteiger partial charge is 0.106 e. The first-order chi connectivity index (χ1) is 12.6. The SMILES string of the molecule is C/C(=N\CN1CCN(C)CC1)N1c2ccccc2Sc2ccc(Br)cc21. The highest BCUT2D eigenvalue weighted by Gasteiger charge is 2.25. The van der Waals surface area contributed by atoms with Gasteiger partial charge in [-0.05, 0) is 44.3 Å². The highest BCUT2D eigenvalue weighted by molar-refractivity contribution is 9.10. The largest absolute Gasteiger partial charge is 0.304 e. The molecule has 0 amide bonds. The summed E-state index contributed by atoms with van der Waals surface area (Å²) in [5.74, 6) is 1.04. The van der Waals surface area contributed by atoms with Crippen molar-refractivity contribution in [3.05, 3.63) is 46.9 Å². The van der Waals surface area contributed by atoms with Crippen molar-refractivity contribution in [1.82, 2.24) is 9.80 Å². The molecule has 0 N–H and O–H groups in total. The zero-order valence-electron chi connectivity index (χ0n) is 15.2. The molecule has 2 aromatic carbocycles. The minimum atomic E-state index is 0.759. The maximum atomic E-state index is 4.95. The average molecular weight is 431 g/mol. The van der Waals surface area contributed by atoms with E-state index in [1.807, 2.05) is 11.8 Å². The molecule has 0 aliphatic carbocycles. The molecule has 4 rings (SSSR count). The van der Waals surface area contributed by atoms with Gasteiger partial charge in [-0.3, -0.25) is 14.8 Å². The van der Waals surface area contributed by atoms with Gasteiger partial charge in [0.2, 0.25) is 0 Å². The Morgan fingerprint density at radius 1 is 1.04 bits per heavy atom. The number of para-hydroxylation sites is 1. The number of likely N-dealkylation sites (N-methyl/N-ethyl adjacent to an activating group) is 1. The molecular weight excluding hydrogens is 408 g/mol. The molecule has 0 unspecified atom stereocenters. The van der Waals surface area contributed by atoms with Gasteiger partial charge in [-0.15, -0.1) is 0 Å². The molecule has 0 saturated carbocycles. The molecule has 2 aliphatic rings. The Kier molecular flexibility index (Phi) is 5.36. The quantitative estimate of drug-likeness (QED) is 0.509. The van der Waals surface area contributed by atoms with E-state index < -0.39 is 0 Å². The van der Waals surface area contributed by atoms with Gasteiger partial charge in [0, 0.05) is 40.4 Å². The summed E-state index contributed by atoms with van der Waals surface area (Å²) in [6.07, 6.45) is 0. The van der Waals surface area contributed by atoms with Gasteiger partial charge in [-0.2, -0.15) is 0 Å². The first-order valence-electron chi connectivity index (χ1n) is 8.90. The predicted octanol–water partition coefficient (Wildman–Crippen LogP) is 4.68. The zero-order valence-corrected chi connectivity index (χ0v) is 17.6. The summed E-state index contributed by atoms with van der Waals surface area (Å²) in [7, 11) is 2.18. The predicted molar refractivity (Wildman–Crippen MR) is 114 cm³/mol. The number of aliphatic imine (C=N–C) groups is 1. The van der Waals surface area contributed by atoms with Crippen LogP contribution in [0.1, 0.15) is 6.92 Å². The molecule has 2 aliphatic heterocycles. The number of hydrogen-bond acceptors (Lipinski definition) is 4. The second-order valence-electron chi connectivity index (χ2n) is 6.79. The molecular formula is C20H23BrN4S. The van der Waals surface area contributed by atoms with Gasteiger partial charge >= 0.3 is 0 Å². The summed E-state index contributed by atoms with van der Waals surface area (Å²) in [5, 5.41) is 0. The van der Waals surface area contributed by atoms with Crippen molar-refractivity contribution in [1.29, 1.82) is 0 Å². The fourth-order valence-electron chi connectivity index (χ4n) is 3.34. The molecule has 4 nitrogen and oxygen atoms in total. The van der Waals surface area contributed by atoms with E-state index in [9.17, 15) is 0 Å². The van der Waals surface area contributed by atoms with Crippen LogP contribution in [0.3, 0.4) is 0 Å². The number of benzene rings is 2. The first kappa shape index (κ1) is 18.0. The topological polar surface area (TPSA) is 22.1 Å². The number of rotatable bonds is 2. The van der Waals surface area contributed by atoms with Crippen LogP contribution < -0.4 is 4.90 Å². The van der Waals surface area contributed by atoms with Crippen LogP contribution in [-0.2, 0) is 0 Å². The zero-order chi connectivity index (χ0) is 18.1. The number of nitrogens with zero attached hydrogens (tertiary/aromatic N) is 4. The van der Waals surface area contributed by atoms with Crippen LogP contribution in [-0.4, -0.2) is 55.5 Å². The van der Waals surface area contributed by atoms with Crippen LogP contribution in [0.15, 0.2) is 61.7 Å². The Labute approximate surface area is 168 Å². The Bertz CT molecular complexity index is 830. The van der Waals surface area contributed by atoms with Gasteiger partial charge in [0.25, 0.3) is 0 Å². The summed E-state index contributed by atoms with van der Waals surface area (Å²) in [6, 6.07) is 15.0. The monoisotopic (exact) mass is 430 g/mol. The normalized spacial score (nSPS) is 18.6. The lowest BCUT2D eigenvalue weighted by molar-refractivity contribution is 0.158. The van der Waals surface area contributed by atoms with Crippen LogP contribution in [0, 0.1) is 0 Å². The maximum Gasteiger partial charge on any atom is 0.106 e. The fourth-order valence-corrected chi connectivity index (χ4v) is 4.73.